The summed E-state index contributed by atoms with van der Waals surface area (Å²) in [7, 11) is 3.73. The van der Waals surface area contributed by atoms with Gasteiger partial charge in [-0.3, -0.25) is 0 Å². The highest BCUT2D eigenvalue weighted by Crippen LogP contribution is 2.12. The van der Waals surface area contributed by atoms with Gasteiger partial charge in [0.15, 0.2) is 0 Å². The summed E-state index contributed by atoms with van der Waals surface area (Å²) in [6.07, 6.45) is 3.14. The largest absolute Gasteiger partial charge is 0.463 e. The monoisotopic (exact) mass is 337 g/mol. The van der Waals surface area contributed by atoms with E-state index in [1.807, 2.05) is 44.4 Å². The minimum Gasteiger partial charge on any atom is -0.463 e. The second-order valence-electron chi connectivity index (χ2n) is 5.40. The second-order valence-corrected chi connectivity index (χ2v) is 5.40. The Morgan fingerprint density at radius 3 is 2.56 bits per heavy atom. The van der Waals surface area contributed by atoms with Crippen molar-refractivity contribution in [1.82, 2.24) is 15.0 Å². The van der Waals surface area contributed by atoms with Crippen molar-refractivity contribution < 1.29 is 4.42 Å². The molecule has 8 heteroatoms. The summed E-state index contributed by atoms with van der Waals surface area (Å²) in [5, 5.41) is 7.28. The number of aromatic nitrogens is 3. The van der Waals surface area contributed by atoms with Gasteiger partial charge in [-0.05, 0) is 17.7 Å². The molecule has 0 atom stereocenters. The molecular weight excluding hydrogens is 318 g/mol. The van der Waals surface area contributed by atoms with E-state index in [1.54, 1.807) is 29.5 Å². The van der Waals surface area contributed by atoms with Crippen LogP contribution >= 0.6 is 0 Å². The van der Waals surface area contributed by atoms with Crippen molar-refractivity contribution in [3.63, 3.8) is 0 Å². The molecule has 3 aromatic rings. The molecule has 0 fully saturated rings. The van der Waals surface area contributed by atoms with E-state index in [0.29, 0.717) is 30.2 Å². The van der Waals surface area contributed by atoms with Crippen LogP contribution in [0.15, 0.2) is 58.2 Å². The van der Waals surface area contributed by atoms with Gasteiger partial charge in [-0.15, -0.1) is 0 Å². The summed E-state index contributed by atoms with van der Waals surface area (Å²) in [4.78, 5) is 14.8. The van der Waals surface area contributed by atoms with Crippen LogP contribution in [0, 0.1) is 0 Å². The third-order valence-electron chi connectivity index (χ3n) is 3.22. The molecule has 128 valence electrons. The van der Waals surface area contributed by atoms with Gasteiger partial charge in [-0.2, -0.15) is 20.1 Å². The molecule has 0 unspecified atom stereocenters. The van der Waals surface area contributed by atoms with Crippen molar-refractivity contribution in [2.75, 3.05) is 29.7 Å². The number of anilines is 3. The zero-order valence-corrected chi connectivity index (χ0v) is 14.0. The molecule has 2 aromatic heterocycles. The first kappa shape index (κ1) is 16.4. The molecule has 0 bridgehead atoms. The van der Waals surface area contributed by atoms with Gasteiger partial charge in [0.05, 0.1) is 12.5 Å². The molecule has 0 saturated carbocycles. The van der Waals surface area contributed by atoms with Crippen LogP contribution in [0.5, 0.6) is 0 Å². The van der Waals surface area contributed by atoms with Crippen molar-refractivity contribution in [3.8, 4) is 0 Å². The number of furan rings is 1. The topological polar surface area (TPSA) is 91.5 Å². The normalized spacial score (nSPS) is 10.8. The maximum absolute atomic E-state index is 5.18. The Bertz CT molecular complexity index is 816. The molecule has 0 aliphatic carbocycles. The van der Waals surface area contributed by atoms with Crippen LogP contribution in [-0.4, -0.2) is 35.3 Å². The smallest absolute Gasteiger partial charge is 0.250 e. The summed E-state index contributed by atoms with van der Waals surface area (Å²) >= 11 is 0. The lowest BCUT2D eigenvalue weighted by Gasteiger charge is -2.13. The molecule has 2 N–H and O–H groups in total. The van der Waals surface area contributed by atoms with E-state index in [0.717, 1.165) is 5.56 Å². The Balaban J connectivity index is 1.72. The predicted molar refractivity (Wildman–Crippen MR) is 97.8 cm³/mol. The fourth-order valence-corrected chi connectivity index (χ4v) is 1.99. The minimum absolute atomic E-state index is 0.345. The van der Waals surface area contributed by atoms with Crippen LogP contribution in [0.25, 0.3) is 0 Å². The second kappa shape index (κ2) is 7.91. The molecule has 0 saturated heterocycles. The predicted octanol–water partition coefficient (Wildman–Crippen LogP) is 2.59. The maximum atomic E-state index is 5.18. The summed E-state index contributed by atoms with van der Waals surface area (Å²) < 4.78 is 5.18. The van der Waals surface area contributed by atoms with Crippen molar-refractivity contribution in [1.29, 1.82) is 0 Å². The Morgan fingerprint density at radius 2 is 1.84 bits per heavy atom. The molecule has 0 aliphatic heterocycles. The number of rotatable bonds is 7. The highest BCUT2D eigenvalue weighted by atomic mass is 16.3. The standard InChI is InChI=1S/C17H19N7O/c1-24(2)17-21-15(18-11-13-7-4-3-5-8-13)20-16(22-17)23-19-12-14-9-6-10-25-14/h3-10,12H,11H2,1-2H3,(H2,18,20,21,22,23)/b19-12-. The lowest BCUT2D eigenvalue weighted by atomic mass is 10.2. The van der Waals surface area contributed by atoms with Crippen molar-refractivity contribution in [2.45, 2.75) is 6.54 Å². The minimum atomic E-state index is 0.345. The summed E-state index contributed by atoms with van der Waals surface area (Å²) in [5.74, 6) is 1.98. The molecule has 0 spiro atoms. The molecule has 0 radical (unpaired) electrons. The Labute approximate surface area is 145 Å². The van der Waals surface area contributed by atoms with Crippen LogP contribution in [-0.2, 0) is 6.54 Å². The third kappa shape index (κ3) is 4.77. The van der Waals surface area contributed by atoms with Crippen molar-refractivity contribution in [3.05, 3.63) is 60.1 Å². The van der Waals surface area contributed by atoms with Gasteiger partial charge in [-0.1, -0.05) is 30.3 Å². The number of hydrogen-bond donors (Lipinski definition) is 2. The van der Waals surface area contributed by atoms with E-state index in [9.17, 15) is 0 Å². The number of nitrogens with one attached hydrogen (secondary N) is 2. The number of hydrogen-bond acceptors (Lipinski definition) is 8. The molecule has 25 heavy (non-hydrogen) atoms. The van der Waals surface area contributed by atoms with E-state index in [-0.39, 0.29) is 0 Å². The van der Waals surface area contributed by atoms with Crippen molar-refractivity contribution >= 4 is 24.1 Å². The van der Waals surface area contributed by atoms with Gasteiger partial charge in [0.25, 0.3) is 0 Å². The van der Waals surface area contributed by atoms with Gasteiger partial charge < -0.3 is 14.6 Å². The molecule has 0 amide bonds. The molecule has 8 nitrogen and oxygen atoms in total. The lowest BCUT2D eigenvalue weighted by Crippen LogP contribution is -2.16. The van der Waals surface area contributed by atoms with E-state index < -0.39 is 0 Å². The summed E-state index contributed by atoms with van der Waals surface area (Å²) in [5.41, 5.74) is 3.94. The fourth-order valence-electron chi connectivity index (χ4n) is 1.99. The van der Waals surface area contributed by atoms with Gasteiger partial charge in [0, 0.05) is 20.6 Å². The molecule has 0 aliphatic rings. The van der Waals surface area contributed by atoms with E-state index in [1.165, 1.54) is 0 Å². The fraction of sp³-hybridized carbons (Fsp3) is 0.176. The first-order valence-corrected chi connectivity index (χ1v) is 7.74. The maximum Gasteiger partial charge on any atom is 0.250 e. The van der Waals surface area contributed by atoms with E-state index in [4.69, 9.17) is 4.42 Å². The van der Waals surface area contributed by atoms with Crippen LogP contribution in [0.2, 0.25) is 0 Å². The number of benzene rings is 1. The van der Waals surface area contributed by atoms with Gasteiger partial charge >= 0.3 is 0 Å². The summed E-state index contributed by atoms with van der Waals surface area (Å²) in [6.45, 7) is 0.618. The highest BCUT2D eigenvalue weighted by molar-refractivity contribution is 5.76. The number of hydrazone groups is 1. The first-order chi connectivity index (χ1) is 12.2. The van der Waals surface area contributed by atoms with Gasteiger partial charge in [0.1, 0.15) is 5.76 Å². The van der Waals surface area contributed by atoms with Crippen LogP contribution < -0.4 is 15.6 Å². The number of nitrogens with zero attached hydrogens (tertiary/aromatic N) is 5. The Hall–Kier alpha value is -3.42. The molecular formula is C17H19N7O. The van der Waals surface area contributed by atoms with Gasteiger partial charge in [-0.25, -0.2) is 5.43 Å². The van der Waals surface area contributed by atoms with Crippen LogP contribution in [0.3, 0.4) is 0 Å². The molecule has 3 rings (SSSR count). The molecule has 2 heterocycles. The average molecular weight is 337 g/mol. The zero-order chi connectivity index (χ0) is 17.5. The SMILES string of the molecule is CN(C)c1nc(NCc2ccccc2)nc(N/N=C\c2ccco2)n1. The summed E-state index contributed by atoms with van der Waals surface area (Å²) in [6, 6.07) is 13.6. The quantitative estimate of drug-likeness (QED) is 0.506. The Morgan fingerprint density at radius 1 is 1.04 bits per heavy atom. The third-order valence-corrected chi connectivity index (χ3v) is 3.22. The zero-order valence-electron chi connectivity index (χ0n) is 14.0. The van der Waals surface area contributed by atoms with Crippen molar-refractivity contribution in [2.24, 2.45) is 5.10 Å². The molecule has 1 aromatic carbocycles. The highest BCUT2D eigenvalue weighted by Gasteiger charge is 2.07. The Kier molecular flexibility index (Phi) is 5.20. The first-order valence-electron chi connectivity index (χ1n) is 7.74. The lowest BCUT2D eigenvalue weighted by molar-refractivity contribution is 0.560. The van der Waals surface area contributed by atoms with Crippen LogP contribution in [0.4, 0.5) is 17.8 Å². The van der Waals surface area contributed by atoms with E-state index in [2.05, 4.69) is 30.8 Å². The van der Waals surface area contributed by atoms with Gasteiger partial charge in [0.2, 0.25) is 17.8 Å². The van der Waals surface area contributed by atoms with Crippen LogP contribution in [0.1, 0.15) is 11.3 Å². The van der Waals surface area contributed by atoms with E-state index >= 15 is 0 Å². The average Bonchev–Trinajstić information content (AvgIpc) is 3.14.